The number of nitrogen functional groups attached to an aromatic ring is 1. The maximum Gasteiger partial charge on any atom is 0.294 e. The van der Waals surface area contributed by atoms with E-state index in [2.05, 4.69) is 20.3 Å². The highest BCUT2D eigenvalue weighted by molar-refractivity contribution is 7.85. The van der Waals surface area contributed by atoms with Gasteiger partial charge in [0.05, 0.1) is 21.2 Å². The van der Waals surface area contributed by atoms with Crippen molar-refractivity contribution in [2.75, 3.05) is 11.1 Å². The van der Waals surface area contributed by atoms with Crippen molar-refractivity contribution in [1.29, 1.82) is 0 Å². The Morgan fingerprint density at radius 1 is 1.17 bits per heavy atom. The van der Waals surface area contributed by atoms with Crippen LogP contribution in [-0.2, 0) is 10.1 Å². The maximum atomic E-state index is 11.0. The van der Waals surface area contributed by atoms with E-state index in [4.69, 9.17) is 10.3 Å². The first-order valence-corrected chi connectivity index (χ1v) is 8.99. The summed E-state index contributed by atoms with van der Waals surface area (Å²) in [6.07, 6.45) is 1.60. The summed E-state index contributed by atoms with van der Waals surface area (Å²) in [4.78, 5) is 13.4. The molecule has 0 spiro atoms. The minimum atomic E-state index is -4.21. The molecule has 124 valence electrons. The third-order valence-electron chi connectivity index (χ3n) is 3.11. The Morgan fingerprint density at radius 3 is 2.46 bits per heavy atom. The van der Waals surface area contributed by atoms with Gasteiger partial charge < -0.3 is 11.1 Å². The van der Waals surface area contributed by atoms with Crippen molar-refractivity contribution in [3.63, 3.8) is 0 Å². The van der Waals surface area contributed by atoms with Crippen LogP contribution in [0.5, 0.6) is 0 Å². The topological polar surface area (TPSA) is 131 Å². The molecule has 0 saturated carbocycles. The smallest absolute Gasteiger partial charge is 0.294 e. The van der Waals surface area contributed by atoms with Crippen LogP contribution >= 0.6 is 11.3 Å². The second-order valence-corrected chi connectivity index (χ2v) is 7.31. The van der Waals surface area contributed by atoms with Crippen molar-refractivity contribution >= 4 is 38.2 Å². The molecule has 3 aromatic rings. The first-order valence-electron chi connectivity index (χ1n) is 6.74. The number of hydrogen-bond acceptors (Lipinski definition) is 8. The van der Waals surface area contributed by atoms with Gasteiger partial charge in [0, 0.05) is 11.9 Å². The first-order chi connectivity index (χ1) is 11.3. The third-order valence-corrected chi connectivity index (χ3v) is 4.99. The van der Waals surface area contributed by atoms with Crippen LogP contribution < -0.4 is 11.1 Å². The highest BCUT2D eigenvalue weighted by atomic mass is 32.2. The molecule has 24 heavy (non-hydrogen) atoms. The number of thiazole rings is 1. The zero-order chi connectivity index (χ0) is 17.3. The summed E-state index contributed by atoms with van der Waals surface area (Å²) < 4.78 is 31.0. The number of nitrogens with one attached hydrogen (secondary N) is 1. The van der Waals surface area contributed by atoms with Gasteiger partial charge in [-0.05, 0) is 37.3 Å². The Kier molecular flexibility index (Phi) is 4.18. The fourth-order valence-corrected chi connectivity index (χ4v) is 3.32. The highest BCUT2D eigenvalue weighted by Gasteiger charge is 2.11. The lowest BCUT2D eigenvalue weighted by Gasteiger charge is -2.06. The average Bonchev–Trinajstić information content (AvgIpc) is 2.86. The van der Waals surface area contributed by atoms with Crippen molar-refractivity contribution in [3.05, 3.63) is 42.2 Å². The molecule has 8 nitrogen and oxygen atoms in total. The van der Waals surface area contributed by atoms with Crippen molar-refractivity contribution in [3.8, 4) is 10.6 Å². The summed E-state index contributed by atoms with van der Waals surface area (Å²) in [5, 5.41) is 3.44. The zero-order valence-electron chi connectivity index (χ0n) is 12.5. The Hall–Kier alpha value is -2.56. The molecule has 0 aliphatic carbocycles. The second-order valence-electron chi connectivity index (χ2n) is 4.86. The first kappa shape index (κ1) is 16.3. The fourth-order valence-electron chi connectivity index (χ4n) is 2.04. The molecule has 0 aliphatic rings. The van der Waals surface area contributed by atoms with Crippen molar-refractivity contribution in [2.45, 2.75) is 11.8 Å². The van der Waals surface area contributed by atoms with Crippen molar-refractivity contribution in [2.24, 2.45) is 0 Å². The van der Waals surface area contributed by atoms with Crippen LogP contribution in [-0.4, -0.2) is 27.9 Å². The van der Waals surface area contributed by atoms with E-state index in [1.54, 1.807) is 12.3 Å². The Balaban J connectivity index is 1.86. The highest BCUT2D eigenvalue weighted by Crippen LogP contribution is 2.30. The second kappa shape index (κ2) is 6.15. The third kappa shape index (κ3) is 3.50. The minimum Gasteiger partial charge on any atom is -0.375 e. The van der Waals surface area contributed by atoms with Gasteiger partial charge in [0.15, 0.2) is 5.13 Å². The van der Waals surface area contributed by atoms with E-state index in [0.717, 1.165) is 10.6 Å². The largest absolute Gasteiger partial charge is 0.375 e. The summed E-state index contributed by atoms with van der Waals surface area (Å²) in [5.41, 5.74) is 7.77. The molecule has 0 unspecified atom stereocenters. The van der Waals surface area contributed by atoms with Crippen LogP contribution in [0.25, 0.3) is 10.6 Å². The van der Waals surface area contributed by atoms with Crippen LogP contribution in [0.3, 0.4) is 0 Å². The number of anilines is 3. The molecule has 0 fully saturated rings. The van der Waals surface area contributed by atoms with Crippen LogP contribution in [0.1, 0.15) is 5.69 Å². The molecular weight excluding hydrogens is 350 g/mol. The van der Waals surface area contributed by atoms with E-state index < -0.39 is 10.1 Å². The summed E-state index contributed by atoms with van der Waals surface area (Å²) in [5.74, 6) is 0.346. The van der Waals surface area contributed by atoms with Gasteiger partial charge in [0.2, 0.25) is 5.95 Å². The van der Waals surface area contributed by atoms with Gasteiger partial charge >= 0.3 is 0 Å². The minimum absolute atomic E-state index is 0.182. The molecule has 0 radical (unpaired) electrons. The van der Waals surface area contributed by atoms with E-state index in [0.29, 0.717) is 22.5 Å². The molecule has 0 saturated heterocycles. The quantitative estimate of drug-likeness (QED) is 0.602. The van der Waals surface area contributed by atoms with Crippen LogP contribution in [0, 0.1) is 6.92 Å². The normalized spacial score (nSPS) is 11.4. The molecule has 10 heteroatoms. The number of rotatable bonds is 4. The SMILES string of the molecule is Cc1nc(N)sc1-c1ccnc(Nc2ccc(S(=O)(=O)O)cc2)n1. The standard InChI is InChI=1S/C14H13N5O3S2/c1-8-12(23-13(15)17-8)11-6-7-16-14(19-11)18-9-2-4-10(5-3-9)24(20,21)22/h2-7H,1H3,(H2,15,17)(H,16,18,19)(H,20,21,22). The van der Waals surface area contributed by atoms with Crippen LogP contribution in [0.4, 0.5) is 16.8 Å². The maximum absolute atomic E-state index is 11.0. The van der Waals surface area contributed by atoms with Gasteiger partial charge in [-0.1, -0.05) is 11.3 Å². The Morgan fingerprint density at radius 2 is 1.88 bits per heavy atom. The van der Waals surface area contributed by atoms with Gasteiger partial charge in [-0.15, -0.1) is 0 Å². The molecule has 2 heterocycles. The van der Waals surface area contributed by atoms with E-state index >= 15 is 0 Å². The lowest BCUT2D eigenvalue weighted by atomic mass is 10.3. The molecule has 0 atom stereocenters. The van der Waals surface area contributed by atoms with Gasteiger partial charge in [-0.3, -0.25) is 4.55 Å². The van der Waals surface area contributed by atoms with Gasteiger partial charge in [0.1, 0.15) is 0 Å². The van der Waals surface area contributed by atoms with Crippen molar-refractivity contribution < 1.29 is 13.0 Å². The van der Waals surface area contributed by atoms with Crippen molar-refractivity contribution in [1.82, 2.24) is 15.0 Å². The number of nitrogens with two attached hydrogens (primary N) is 1. The summed E-state index contributed by atoms with van der Waals surface area (Å²) >= 11 is 1.34. The molecule has 0 bridgehead atoms. The van der Waals surface area contributed by atoms with E-state index in [1.165, 1.54) is 35.6 Å². The van der Waals surface area contributed by atoms with Gasteiger partial charge in [-0.2, -0.15) is 8.42 Å². The zero-order valence-corrected chi connectivity index (χ0v) is 14.1. The van der Waals surface area contributed by atoms with Crippen LogP contribution in [0.2, 0.25) is 0 Å². The number of hydrogen-bond donors (Lipinski definition) is 3. The molecule has 0 aliphatic heterocycles. The molecule has 0 amide bonds. The monoisotopic (exact) mass is 363 g/mol. The predicted molar refractivity (Wildman–Crippen MR) is 91.8 cm³/mol. The van der Waals surface area contributed by atoms with E-state index in [-0.39, 0.29) is 4.90 Å². The van der Waals surface area contributed by atoms with Crippen LogP contribution in [0.15, 0.2) is 41.4 Å². The number of aromatic nitrogens is 3. The Bertz CT molecular complexity index is 984. The predicted octanol–water partition coefficient (Wildman–Crippen LogP) is 2.48. The fraction of sp³-hybridized carbons (Fsp3) is 0.0714. The van der Waals surface area contributed by atoms with E-state index in [1.807, 2.05) is 6.92 Å². The lowest BCUT2D eigenvalue weighted by Crippen LogP contribution is -2.00. The van der Waals surface area contributed by atoms with Gasteiger partial charge in [0.25, 0.3) is 10.1 Å². The summed E-state index contributed by atoms with van der Waals surface area (Å²) in [6.45, 7) is 1.85. The number of benzene rings is 1. The molecular formula is C14H13N5O3S2. The molecule has 2 aromatic heterocycles. The average molecular weight is 363 g/mol. The van der Waals surface area contributed by atoms with Gasteiger partial charge in [-0.25, -0.2) is 15.0 Å². The molecule has 4 N–H and O–H groups in total. The Labute approximate surface area is 142 Å². The van der Waals surface area contributed by atoms with E-state index in [9.17, 15) is 8.42 Å². The molecule has 3 rings (SSSR count). The number of aryl methyl sites for hydroxylation is 1. The lowest BCUT2D eigenvalue weighted by molar-refractivity contribution is 0.483. The summed E-state index contributed by atoms with van der Waals surface area (Å²) in [7, 11) is -4.21. The molecule has 1 aromatic carbocycles. The number of nitrogens with zero attached hydrogens (tertiary/aromatic N) is 3. The summed E-state index contributed by atoms with van der Waals surface area (Å²) in [6, 6.07) is 7.35.